The van der Waals surface area contributed by atoms with Crippen LogP contribution in [-0.4, -0.2) is 35.3 Å². The number of imide groups is 1. The smallest absolute Gasteiger partial charge is 0.243 e. The number of halogens is 1. The van der Waals surface area contributed by atoms with Gasteiger partial charge in [-0.2, -0.15) is 0 Å². The number of hydrogen-bond acceptors (Lipinski definition) is 5. The van der Waals surface area contributed by atoms with Gasteiger partial charge < -0.3 is 11.5 Å². The zero-order chi connectivity index (χ0) is 20.1. The molecule has 2 amide bonds. The van der Waals surface area contributed by atoms with E-state index >= 15 is 0 Å². The Labute approximate surface area is 172 Å². The molecule has 1 saturated carbocycles. The van der Waals surface area contributed by atoms with Gasteiger partial charge in [0.15, 0.2) is 0 Å². The summed E-state index contributed by atoms with van der Waals surface area (Å²) >= 11 is 6.14. The fourth-order valence-electron chi connectivity index (χ4n) is 4.47. The van der Waals surface area contributed by atoms with E-state index in [1.807, 2.05) is 18.2 Å². The van der Waals surface area contributed by atoms with Crippen LogP contribution < -0.4 is 16.8 Å². The maximum absolute atomic E-state index is 12.8. The molecule has 0 spiro atoms. The van der Waals surface area contributed by atoms with Gasteiger partial charge in [0, 0.05) is 18.1 Å². The lowest BCUT2D eigenvalue weighted by atomic mass is 9.84. The zero-order valence-corrected chi connectivity index (χ0v) is 17.1. The summed E-state index contributed by atoms with van der Waals surface area (Å²) in [6, 6.07) is 4.73. The topological polar surface area (TPSA) is 101 Å². The minimum atomic E-state index is -0.601. The predicted octanol–water partition coefficient (Wildman–Crippen LogP) is 2.31. The third-order valence-corrected chi connectivity index (χ3v) is 6.37. The van der Waals surface area contributed by atoms with Crippen LogP contribution in [0.15, 0.2) is 18.2 Å². The molecule has 5 N–H and O–H groups in total. The fourth-order valence-corrected chi connectivity index (χ4v) is 4.66. The maximum Gasteiger partial charge on any atom is 0.243 e. The number of benzene rings is 1. The highest BCUT2D eigenvalue weighted by Crippen LogP contribution is 2.26. The first-order valence-electron chi connectivity index (χ1n) is 10.3. The van der Waals surface area contributed by atoms with Gasteiger partial charge in [0.05, 0.1) is 12.1 Å². The average Bonchev–Trinajstić information content (AvgIpc) is 3.16. The summed E-state index contributed by atoms with van der Waals surface area (Å²) in [6.45, 7) is 1.82. The van der Waals surface area contributed by atoms with Gasteiger partial charge in [-0.3, -0.25) is 19.8 Å². The fraction of sp³-hybridized carbons (Fsp3) is 0.619. The Bertz CT molecular complexity index is 706. The summed E-state index contributed by atoms with van der Waals surface area (Å²) in [7, 11) is 0. The lowest BCUT2D eigenvalue weighted by Crippen LogP contribution is -2.52. The highest BCUT2D eigenvalue weighted by molar-refractivity contribution is 6.30. The van der Waals surface area contributed by atoms with Crippen molar-refractivity contribution >= 4 is 23.4 Å². The maximum atomic E-state index is 12.8. The molecule has 0 unspecified atom stereocenters. The van der Waals surface area contributed by atoms with Crippen LogP contribution in [0.2, 0.25) is 5.02 Å². The van der Waals surface area contributed by atoms with E-state index in [1.165, 1.54) is 6.42 Å². The number of amides is 2. The molecule has 0 aromatic heterocycles. The van der Waals surface area contributed by atoms with Crippen LogP contribution in [0.3, 0.4) is 0 Å². The Kier molecular flexibility index (Phi) is 7.46. The molecule has 2 fully saturated rings. The number of carbonyl (C=O) groups is 2. The van der Waals surface area contributed by atoms with Crippen LogP contribution in [0.25, 0.3) is 0 Å². The van der Waals surface area contributed by atoms with Gasteiger partial charge in [-0.25, -0.2) is 0 Å². The van der Waals surface area contributed by atoms with E-state index < -0.39 is 6.04 Å². The van der Waals surface area contributed by atoms with Crippen molar-refractivity contribution in [2.24, 2.45) is 17.4 Å². The van der Waals surface area contributed by atoms with Crippen molar-refractivity contribution in [2.45, 2.75) is 70.1 Å². The second-order valence-corrected chi connectivity index (χ2v) is 8.46. The minimum Gasteiger partial charge on any atom is -0.326 e. The molecule has 1 heterocycles. The second kappa shape index (κ2) is 9.83. The highest BCUT2D eigenvalue weighted by Gasteiger charge is 2.34. The van der Waals surface area contributed by atoms with Crippen molar-refractivity contribution in [3.63, 3.8) is 0 Å². The van der Waals surface area contributed by atoms with Crippen LogP contribution in [0, 0.1) is 5.92 Å². The number of nitrogens with one attached hydrogen (secondary N) is 1. The molecule has 1 aromatic rings. The van der Waals surface area contributed by atoms with E-state index in [2.05, 4.69) is 10.2 Å². The van der Waals surface area contributed by atoms with Gasteiger partial charge in [-0.1, -0.05) is 36.9 Å². The molecular weight excluding hydrogens is 376 g/mol. The van der Waals surface area contributed by atoms with Crippen molar-refractivity contribution in [2.75, 3.05) is 6.54 Å². The van der Waals surface area contributed by atoms with Crippen molar-refractivity contribution < 1.29 is 9.59 Å². The molecule has 2 aliphatic rings. The lowest BCUT2D eigenvalue weighted by molar-refractivity contribution is -0.134. The van der Waals surface area contributed by atoms with Crippen LogP contribution in [0.5, 0.6) is 0 Å². The van der Waals surface area contributed by atoms with Crippen LogP contribution in [0.4, 0.5) is 0 Å². The van der Waals surface area contributed by atoms with E-state index in [0.29, 0.717) is 18.1 Å². The van der Waals surface area contributed by atoms with Gasteiger partial charge in [0.25, 0.3) is 0 Å². The summed E-state index contributed by atoms with van der Waals surface area (Å²) < 4.78 is 0. The first-order chi connectivity index (χ1) is 13.5. The molecule has 7 heteroatoms. The highest BCUT2D eigenvalue weighted by atomic mass is 35.5. The first kappa shape index (κ1) is 21.2. The monoisotopic (exact) mass is 406 g/mol. The van der Waals surface area contributed by atoms with E-state index in [4.69, 9.17) is 23.1 Å². The number of nitrogens with two attached hydrogens (primary N) is 2. The van der Waals surface area contributed by atoms with Gasteiger partial charge in [0.1, 0.15) is 0 Å². The molecule has 0 radical (unpaired) electrons. The van der Waals surface area contributed by atoms with E-state index in [1.54, 1.807) is 0 Å². The Morgan fingerprint density at radius 1 is 1.14 bits per heavy atom. The summed E-state index contributed by atoms with van der Waals surface area (Å²) in [5.41, 5.74) is 14.0. The molecule has 1 aliphatic heterocycles. The Morgan fingerprint density at radius 3 is 2.61 bits per heavy atom. The molecule has 1 aliphatic carbocycles. The Morgan fingerprint density at radius 2 is 1.89 bits per heavy atom. The van der Waals surface area contributed by atoms with E-state index in [-0.39, 0.29) is 23.8 Å². The molecule has 3 rings (SSSR count). The van der Waals surface area contributed by atoms with Gasteiger partial charge in [-0.15, -0.1) is 0 Å². The summed E-state index contributed by atoms with van der Waals surface area (Å²) in [4.78, 5) is 27.4. The zero-order valence-electron chi connectivity index (χ0n) is 16.3. The molecule has 1 aromatic carbocycles. The standard InChI is InChI=1S/C21H31ClN4O2/c22-17-9-8-15(12-23)16(11-17)13-26-10-4-7-18(26)20(27)25-21(28)19(24)14-5-2-1-3-6-14/h8-9,11,14,18-19H,1-7,10,12-13,23-24H2,(H,25,27,28)/t18-,19+/m0/s1. The molecule has 154 valence electrons. The normalized spacial score (nSPS) is 22.2. The molecule has 6 nitrogen and oxygen atoms in total. The number of carbonyl (C=O) groups excluding carboxylic acids is 2. The van der Waals surface area contributed by atoms with Crippen LogP contribution >= 0.6 is 11.6 Å². The second-order valence-electron chi connectivity index (χ2n) is 8.02. The molecule has 1 saturated heterocycles. The largest absolute Gasteiger partial charge is 0.326 e. The number of rotatable bonds is 6. The van der Waals surface area contributed by atoms with Crippen molar-refractivity contribution in [1.82, 2.24) is 10.2 Å². The van der Waals surface area contributed by atoms with Crippen molar-refractivity contribution in [3.8, 4) is 0 Å². The molecule has 28 heavy (non-hydrogen) atoms. The third-order valence-electron chi connectivity index (χ3n) is 6.13. The average molecular weight is 407 g/mol. The quantitative estimate of drug-likeness (QED) is 0.672. The van der Waals surface area contributed by atoms with E-state index in [0.717, 1.165) is 56.2 Å². The number of nitrogens with zero attached hydrogens (tertiary/aromatic N) is 1. The van der Waals surface area contributed by atoms with Crippen LogP contribution in [0.1, 0.15) is 56.1 Å². The SMILES string of the molecule is NCc1ccc(Cl)cc1CN1CCC[C@H]1C(=O)NC(=O)[C@H](N)C1CCCCC1. The van der Waals surface area contributed by atoms with Gasteiger partial charge >= 0.3 is 0 Å². The number of hydrogen-bond donors (Lipinski definition) is 3. The first-order valence-corrected chi connectivity index (χ1v) is 10.7. The molecule has 0 bridgehead atoms. The predicted molar refractivity (Wildman–Crippen MR) is 110 cm³/mol. The molecular formula is C21H31ClN4O2. The van der Waals surface area contributed by atoms with Crippen molar-refractivity contribution in [1.29, 1.82) is 0 Å². The van der Waals surface area contributed by atoms with Gasteiger partial charge in [-0.05, 0) is 61.4 Å². The summed E-state index contributed by atoms with van der Waals surface area (Å²) in [5.74, 6) is -0.404. The van der Waals surface area contributed by atoms with Crippen molar-refractivity contribution in [3.05, 3.63) is 34.3 Å². The third kappa shape index (κ3) is 5.11. The number of likely N-dealkylation sites (tertiary alicyclic amines) is 1. The van der Waals surface area contributed by atoms with Gasteiger partial charge in [0.2, 0.25) is 11.8 Å². The molecule has 2 atom stereocenters. The lowest BCUT2D eigenvalue weighted by Gasteiger charge is -2.28. The summed E-state index contributed by atoms with van der Waals surface area (Å²) in [5, 5.41) is 3.23. The van der Waals surface area contributed by atoms with E-state index in [9.17, 15) is 9.59 Å². The summed E-state index contributed by atoms with van der Waals surface area (Å²) in [6.07, 6.45) is 7.01. The minimum absolute atomic E-state index is 0.180. The Hall–Kier alpha value is -1.47. The Balaban J connectivity index is 1.61. The van der Waals surface area contributed by atoms with Crippen LogP contribution in [-0.2, 0) is 22.7 Å².